The van der Waals surface area contributed by atoms with Gasteiger partial charge in [-0.05, 0) is 58.6 Å². The van der Waals surface area contributed by atoms with Gasteiger partial charge in [-0.25, -0.2) is 19.5 Å². The minimum absolute atomic E-state index is 0.00759. The van der Waals surface area contributed by atoms with Gasteiger partial charge < -0.3 is 34.8 Å². The van der Waals surface area contributed by atoms with Gasteiger partial charge in [-0.3, -0.25) is 9.89 Å². The van der Waals surface area contributed by atoms with E-state index in [0.29, 0.717) is 36.5 Å². The molecule has 4 aromatic rings. The molecule has 14 heteroatoms. The molecule has 14 nitrogen and oxygen atoms in total. The summed E-state index contributed by atoms with van der Waals surface area (Å²) in [6.07, 6.45) is 6.33. The standard InChI is InChI=1S/C30H38N9O5/c1-18-13-19(2)34-29(33-18)35-21-5-7-22(8-6-21)44-28-24-14-23(43-20(3)26-17-32-30(37(26)4)39(40)41)16-31-25(24)15-27(36-28)38-9-11-42-12-10-38/h13-17,20-22,32H,5-12H2,1-4H3,(H-,33,34,35,40,41)/q-1. The average molecular weight is 605 g/mol. The molecular weight excluding hydrogens is 566 g/mol. The fourth-order valence-electron chi connectivity index (χ4n) is 5.91. The first kappa shape index (κ1) is 29.5. The smallest absolute Gasteiger partial charge is 0.358 e. The zero-order valence-corrected chi connectivity index (χ0v) is 25.4. The van der Waals surface area contributed by atoms with Crippen LogP contribution >= 0.6 is 0 Å². The number of H-pyrrole nitrogens is 1. The summed E-state index contributed by atoms with van der Waals surface area (Å²) >= 11 is 0. The van der Waals surface area contributed by atoms with E-state index in [9.17, 15) is 10.4 Å². The SMILES string of the molecule is Cc1cc(C)nc(NC2CCC(Oc3nc(N4CCOCC4)cc4ncc(OC(C)c5c[nH]c(=[N+]([O-])[O-])n5C)cc34)CC2)n1. The second-order valence-electron chi connectivity index (χ2n) is 11.4. The first-order valence-corrected chi connectivity index (χ1v) is 15.0. The van der Waals surface area contributed by atoms with Crippen molar-refractivity contribution in [3.8, 4) is 11.6 Å². The normalized spacial score (nSPS) is 19.5. The fraction of sp³-hybridized carbons (Fsp3) is 0.500. The van der Waals surface area contributed by atoms with Crippen LogP contribution in [-0.2, 0) is 11.8 Å². The topological polar surface area (TPSA) is 164 Å². The lowest BCUT2D eigenvalue weighted by molar-refractivity contribution is 0.122. The minimum Gasteiger partial charge on any atom is -0.744 e. The first-order chi connectivity index (χ1) is 21.2. The molecule has 6 rings (SSSR count). The highest BCUT2D eigenvalue weighted by atomic mass is 16.8. The number of aryl methyl sites for hydroxylation is 2. The van der Waals surface area contributed by atoms with Crippen LogP contribution in [0.1, 0.15) is 55.8 Å². The van der Waals surface area contributed by atoms with Crippen molar-refractivity contribution in [2.24, 2.45) is 7.05 Å². The Kier molecular flexibility index (Phi) is 8.42. The molecule has 44 heavy (non-hydrogen) atoms. The number of hydrogen-bond acceptors (Lipinski definition) is 11. The van der Waals surface area contributed by atoms with Crippen LogP contribution in [0.2, 0.25) is 0 Å². The van der Waals surface area contributed by atoms with Gasteiger partial charge in [0.05, 0.1) is 37.4 Å². The quantitative estimate of drug-likeness (QED) is 0.284. The summed E-state index contributed by atoms with van der Waals surface area (Å²) in [5.74, 6) is 2.51. The number of hydrogen-bond donors (Lipinski definition) is 2. The molecule has 1 aliphatic heterocycles. The summed E-state index contributed by atoms with van der Waals surface area (Å²) in [4.78, 5) is 23.2. The summed E-state index contributed by atoms with van der Waals surface area (Å²) in [7, 11) is 1.63. The van der Waals surface area contributed by atoms with Crippen molar-refractivity contribution in [3.63, 3.8) is 0 Å². The van der Waals surface area contributed by atoms with Crippen LogP contribution < -0.4 is 30.2 Å². The molecule has 2 aliphatic rings. The summed E-state index contributed by atoms with van der Waals surface area (Å²) in [6, 6.07) is 6.10. The van der Waals surface area contributed by atoms with Crippen molar-refractivity contribution < 1.29 is 14.2 Å². The highest BCUT2D eigenvalue weighted by Gasteiger charge is 2.26. The van der Waals surface area contributed by atoms with Gasteiger partial charge in [-0.15, -0.1) is 0 Å². The minimum atomic E-state index is -0.474. The molecule has 2 N–H and O–H groups in total. The average Bonchev–Trinajstić information content (AvgIpc) is 3.40. The van der Waals surface area contributed by atoms with Gasteiger partial charge in [0, 0.05) is 36.6 Å². The van der Waals surface area contributed by atoms with E-state index in [1.165, 1.54) is 4.57 Å². The number of pyridine rings is 2. The lowest BCUT2D eigenvalue weighted by atomic mass is 9.93. The number of aromatic amines is 1. The van der Waals surface area contributed by atoms with E-state index in [1.54, 1.807) is 19.4 Å². The van der Waals surface area contributed by atoms with E-state index in [1.807, 2.05) is 39.0 Å². The Labute approximate surface area is 254 Å². The molecule has 0 amide bonds. The van der Waals surface area contributed by atoms with Crippen molar-refractivity contribution in [1.82, 2.24) is 34.4 Å². The molecule has 1 saturated heterocycles. The van der Waals surface area contributed by atoms with E-state index in [-0.39, 0.29) is 17.8 Å². The highest BCUT2D eigenvalue weighted by Crippen LogP contribution is 2.34. The lowest BCUT2D eigenvalue weighted by Crippen LogP contribution is -2.37. The molecule has 5 heterocycles. The number of nitrogens with one attached hydrogen (secondary N) is 2. The van der Waals surface area contributed by atoms with Crippen LogP contribution in [0.15, 0.2) is 30.6 Å². The number of ether oxygens (including phenoxy) is 3. The molecule has 1 aliphatic carbocycles. The zero-order chi connectivity index (χ0) is 30.8. The summed E-state index contributed by atoms with van der Waals surface area (Å²) < 4.78 is 19.9. The number of imidazole rings is 1. The third-order valence-corrected chi connectivity index (χ3v) is 8.17. The summed E-state index contributed by atoms with van der Waals surface area (Å²) in [5.41, 5.74) is 3.16. The zero-order valence-electron chi connectivity index (χ0n) is 25.4. The van der Waals surface area contributed by atoms with E-state index in [0.717, 1.165) is 66.9 Å². The third-order valence-electron chi connectivity index (χ3n) is 8.17. The fourth-order valence-corrected chi connectivity index (χ4v) is 5.91. The third kappa shape index (κ3) is 6.49. The summed E-state index contributed by atoms with van der Waals surface area (Å²) in [5, 5.41) is 26.8. The molecule has 0 spiro atoms. The molecule has 0 bridgehead atoms. The molecule has 0 aromatic carbocycles. The summed E-state index contributed by atoms with van der Waals surface area (Å²) in [6.45, 7) is 8.57. The van der Waals surface area contributed by atoms with Crippen LogP contribution in [0, 0.1) is 24.3 Å². The number of aromatic nitrogens is 6. The van der Waals surface area contributed by atoms with Gasteiger partial charge in [0.1, 0.15) is 29.6 Å². The number of fused-ring (bicyclic) bond motifs is 1. The molecule has 1 unspecified atom stereocenters. The second-order valence-corrected chi connectivity index (χ2v) is 11.4. The van der Waals surface area contributed by atoms with Gasteiger partial charge in [-0.1, -0.05) is 0 Å². The van der Waals surface area contributed by atoms with Crippen molar-refractivity contribution in [2.75, 3.05) is 36.5 Å². The van der Waals surface area contributed by atoms with Crippen LogP contribution in [0.25, 0.3) is 10.9 Å². The van der Waals surface area contributed by atoms with Crippen LogP contribution in [0.4, 0.5) is 11.8 Å². The predicted octanol–water partition coefficient (Wildman–Crippen LogP) is 3.25. The Morgan fingerprint density at radius 3 is 2.45 bits per heavy atom. The van der Waals surface area contributed by atoms with E-state index >= 15 is 0 Å². The number of anilines is 2. The number of morpholine rings is 1. The van der Waals surface area contributed by atoms with Crippen molar-refractivity contribution in [3.05, 3.63) is 63.7 Å². The van der Waals surface area contributed by atoms with Crippen LogP contribution in [0.3, 0.4) is 0 Å². The molecule has 0 radical (unpaired) electrons. The largest absolute Gasteiger partial charge is 0.744 e. The van der Waals surface area contributed by atoms with E-state index in [4.69, 9.17) is 24.2 Å². The van der Waals surface area contributed by atoms with Crippen LogP contribution in [0.5, 0.6) is 11.6 Å². The molecule has 1 atom stereocenters. The first-order valence-electron chi connectivity index (χ1n) is 15.0. The van der Waals surface area contributed by atoms with Gasteiger partial charge >= 0.3 is 5.62 Å². The maximum absolute atomic E-state index is 11.3. The number of nitrogens with zero attached hydrogens (tertiary/aromatic N) is 7. The van der Waals surface area contributed by atoms with Gasteiger partial charge in [0.25, 0.3) is 0 Å². The molecule has 4 aromatic heterocycles. The van der Waals surface area contributed by atoms with E-state index < -0.39 is 11.0 Å². The van der Waals surface area contributed by atoms with Crippen molar-refractivity contribution in [2.45, 2.75) is 64.7 Å². The maximum Gasteiger partial charge on any atom is 0.358 e. The van der Waals surface area contributed by atoms with Gasteiger partial charge in [-0.2, -0.15) is 4.98 Å². The maximum atomic E-state index is 11.3. The Morgan fingerprint density at radius 2 is 1.77 bits per heavy atom. The Balaban J connectivity index is 1.22. The molecule has 2 fully saturated rings. The van der Waals surface area contributed by atoms with Crippen LogP contribution in [-0.4, -0.2) is 67.9 Å². The lowest BCUT2D eigenvalue weighted by Gasteiger charge is -2.31. The Hall–Kier alpha value is -4.59. The van der Waals surface area contributed by atoms with Crippen molar-refractivity contribution in [1.29, 1.82) is 0 Å². The van der Waals surface area contributed by atoms with Gasteiger partial charge in [0.2, 0.25) is 11.8 Å². The monoisotopic (exact) mass is 604 g/mol. The van der Waals surface area contributed by atoms with E-state index in [2.05, 4.69) is 25.2 Å². The Morgan fingerprint density at radius 1 is 1.05 bits per heavy atom. The predicted molar refractivity (Wildman–Crippen MR) is 165 cm³/mol. The van der Waals surface area contributed by atoms with Crippen molar-refractivity contribution >= 4 is 22.7 Å². The number of rotatable bonds is 8. The molecule has 234 valence electrons. The second kappa shape index (κ2) is 12.6. The highest BCUT2D eigenvalue weighted by molar-refractivity contribution is 5.87. The van der Waals surface area contributed by atoms with Gasteiger partial charge in [0.15, 0.2) is 6.10 Å². The molecule has 1 saturated carbocycles. The Bertz CT molecular complexity index is 1670. The molecular formula is C30H38N9O5-.